The lowest BCUT2D eigenvalue weighted by molar-refractivity contribution is -0.134. The van der Waals surface area contributed by atoms with Gasteiger partial charge in [-0.3, -0.25) is 14.4 Å². The molecule has 0 aliphatic carbocycles. The summed E-state index contributed by atoms with van der Waals surface area (Å²) in [5, 5.41) is 3.03. The van der Waals surface area contributed by atoms with Crippen molar-refractivity contribution in [3.05, 3.63) is 70.0 Å². The van der Waals surface area contributed by atoms with Gasteiger partial charge in [0, 0.05) is 36.8 Å². The molecule has 1 saturated heterocycles. The highest BCUT2D eigenvalue weighted by Gasteiger charge is 2.29. The van der Waals surface area contributed by atoms with Gasteiger partial charge in [-0.05, 0) is 48.2 Å². The first-order chi connectivity index (χ1) is 15.5. The van der Waals surface area contributed by atoms with Crippen molar-refractivity contribution in [2.45, 2.75) is 39.2 Å². The molecule has 2 aromatic rings. The van der Waals surface area contributed by atoms with Crippen LogP contribution < -0.4 is 5.32 Å². The Balaban J connectivity index is 1.55. The summed E-state index contributed by atoms with van der Waals surface area (Å²) in [5.74, 6) is -1.63. The van der Waals surface area contributed by atoms with E-state index in [1.807, 2.05) is 12.1 Å². The molecule has 2 aromatic carbocycles. The van der Waals surface area contributed by atoms with Gasteiger partial charge in [-0.15, -0.1) is 0 Å². The van der Waals surface area contributed by atoms with Crippen LogP contribution in [-0.4, -0.2) is 59.7 Å². The standard InChI is InChI=1S/C25H29ClFN3O3/c1-16(28-22(31)17-5-7-18(8-6-17)25(2,3)4)23(32)29-11-13-30(14-12-29)24(33)20-15-19(26)9-10-21(20)27/h5-10,15-16H,11-14H2,1-4H3,(H,28,31). The summed E-state index contributed by atoms with van der Waals surface area (Å²) in [5.41, 5.74) is 1.51. The largest absolute Gasteiger partial charge is 0.341 e. The lowest BCUT2D eigenvalue weighted by Crippen LogP contribution is -2.55. The van der Waals surface area contributed by atoms with Gasteiger partial charge in [0.25, 0.3) is 11.8 Å². The molecule has 0 spiro atoms. The molecular weight excluding hydrogens is 445 g/mol. The molecule has 1 heterocycles. The molecule has 176 valence electrons. The number of piperazine rings is 1. The molecule has 1 unspecified atom stereocenters. The third kappa shape index (κ3) is 5.90. The number of carbonyl (C=O) groups is 3. The van der Waals surface area contributed by atoms with Gasteiger partial charge in [-0.1, -0.05) is 44.5 Å². The number of amides is 3. The molecule has 0 saturated carbocycles. The normalized spacial score (nSPS) is 15.2. The van der Waals surface area contributed by atoms with Gasteiger partial charge in [0.2, 0.25) is 5.91 Å². The average Bonchev–Trinajstić information content (AvgIpc) is 2.79. The van der Waals surface area contributed by atoms with Crippen LogP contribution in [0.2, 0.25) is 5.02 Å². The van der Waals surface area contributed by atoms with E-state index in [0.717, 1.165) is 11.6 Å². The maximum Gasteiger partial charge on any atom is 0.257 e. The fourth-order valence-corrected chi connectivity index (χ4v) is 3.87. The van der Waals surface area contributed by atoms with Crippen molar-refractivity contribution < 1.29 is 18.8 Å². The van der Waals surface area contributed by atoms with Crippen molar-refractivity contribution in [2.24, 2.45) is 0 Å². The Morgan fingerprint density at radius 3 is 2.12 bits per heavy atom. The van der Waals surface area contributed by atoms with Crippen LogP contribution in [0.1, 0.15) is 54.0 Å². The van der Waals surface area contributed by atoms with Crippen LogP contribution in [0.25, 0.3) is 0 Å². The fraction of sp³-hybridized carbons (Fsp3) is 0.400. The number of hydrogen-bond donors (Lipinski definition) is 1. The number of hydrogen-bond acceptors (Lipinski definition) is 3. The average molecular weight is 474 g/mol. The van der Waals surface area contributed by atoms with Crippen LogP contribution in [0.5, 0.6) is 0 Å². The molecular formula is C25H29ClFN3O3. The van der Waals surface area contributed by atoms with E-state index in [9.17, 15) is 18.8 Å². The highest BCUT2D eigenvalue weighted by atomic mass is 35.5. The lowest BCUT2D eigenvalue weighted by Gasteiger charge is -2.36. The predicted molar refractivity (Wildman–Crippen MR) is 126 cm³/mol. The second-order valence-electron chi connectivity index (χ2n) is 9.26. The Bertz CT molecular complexity index is 1040. The van der Waals surface area contributed by atoms with Crippen molar-refractivity contribution in [2.75, 3.05) is 26.2 Å². The van der Waals surface area contributed by atoms with Gasteiger partial charge in [0.15, 0.2) is 0 Å². The Morgan fingerprint density at radius 2 is 1.55 bits per heavy atom. The Hall–Kier alpha value is -2.93. The zero-order valence-electron chi connectivity index (χ0n) is 19.3. The van der Waals surface area contributed by atoms with Gasteiger partial charge in [-0.2, -0.15) is 0 Å². The summed E-state index contributed by atoms with van der Waals surface area (Å²) in [6, 6.07) is 10.5. The molecule has 1 aliphatic rings. The summed E-state index contributed by atoms with van der Waals surface area (Å²) < 4.78 is 14.0. The number of nitrogens with one attached hydrogen (secondary N) is 1. The highest BCUT2D eigenvalue weighted by molar-refractivity contribution is 6.31. The van der Waals surface area contributed by atoms with Gasteiger partial charge in [0.1, 0.15) is 11.9 Å². The maximum atomic E-state index is 14.0. The first kappa shape index (κ1) is 24.7. The van der Waals surface area contributed by atoms with E-state index in [0.29, 0.717) is 18.7 Å². The van der Waals surface area contributed by atoms with Crippen LogP contribution in [0.15, 0.2) is 42.5 Å². The van der Waals surface area contributed by atoms with E-state index in [4.69, 9.17) is 11.6 Å². The molecule has 0 bridgehead atoms. The third-order valence-corrected chi connectivity index (χ3v) is 6.00. The number of nitrogens with zero attached hydrogens (tertiary/aromatic N) is 2. The molecule has 1 N–H and O–H groups in total. The minimum Gasteiger partial charge on any atom is -0.341 e. The van der Waals surface area contributed by atoms with Crippen molar-refractivity contribution >= 4 is 29.3 Å². The monoisotopic (exact) mass is 473 g/mol. The van der Waals surface area contributed by atoms with E-state index in [1.165, 1.54) is 17.0 Å². The topological polar surface area (TPSA) is 69.7 Å². The van der Waals surface area contributed by atoms with E-state index in [-0.39, 0.29) is 40.9 Å². The summed E-state index contributed by atoms with van der Waals surface area (Å²) in [6.07, 6.45) is 0. The van der Waals surface area contributed by atoms with E-state index < -0.39 is 17.8 Å². The van der Waals surface area contributed by atoms with Crippen LogP contribution in [0.4, 0.5) is 4.39 Å². The van der Waals surface area contributed by atoms with Crippen molar-refractivity contribution in [3.8, 4) is 0 Å². The molecule has 8 heteroatoms. The second-order valence-corrected chi connectivity index (χ2v) is 9.70. The molecule has 1 atom stereocenters. The van der Waals surface area contributed by atoms with Gasteiger partial charge >= 0.3 is 0 Å². The van der Waals surface area contributed by atoms with E-state index >= 15 is 0 Å². The number of halogens is 2. The number of rotatable bonds is 4. The molecule has 1 aliphatic heterocycles. The van der Waals surface area contributed by atoms with E-state index in [1.54, 1.807) is 24.0 Å². The molecule has 6 nitrogen and oxygen atoms in total. The molecule has 3 rings (SSSR count). The summed E-state index contributed by atoms with van der Waals surface area (Å²) in [6.45, 7) is 9.07. The Kier molecular flexibility index (Phi) is 7.42. The minimum atomic E-state index is -0.715. The summed E-state index contributed by atoms with van der Waals surface area (Å²) >= 11 is 5.89. The van der Waals surface area contributed by atoms with Gasteiger partial charge in [0.05, 0.1) is 5.56 Å². The maximum absolute atomic E-state index is 14.0. The van der Waals surface area contributed by atoms with Crippen molar-refractivity contribution in [1.29, 1.82) is 0 Å². The van der Waals surface area contributed by atoms with Crippen molar-refractivity contribution in [1.82, 2.24) is 15.1 Å². The van der Waals surface area contributed by atoms with Crippen LogP contribution in [-0.2, 0) is 10.2 Å². The van der Waals surface area contributed by atoms with Crippen LogP contribution >= 0.6 is 11.6 Å². The Morgan fingerprint density at radius 1 is 0.970 bits per heavy atom. The summed E-state index contributed by atoms with van der Waals surface area (Å²) in [7, 11) is 0. The Labute approximate surface area is 198 Å². The first-order valence-electron chi connectivity index (χ1n) is 10.9. The molecule has 0 radical (unpaired) electrons. The van der Waals surface area contributed by atoms with Crippen LogP contribution in [0, 0.1) is 5.82 Å². The molecule has 0 aromatic heterocycles. The molecule has 3 amide bonds. The number of benzene rings is 2. The SMILES string of the molecule is CC(NC(=O)c1ccc(C(C)(C)C)cc1)C(=O)N1CCN(C(=O)c2cc(Cl)ccc2F)CC1. The smallest absolute Gasteiger partial charge is 0.257 e. The minimum absolute atomic E-state index is 0.0136. The third-order valence-electron chi connectivity index (χ3n) is 5.77. The van der Waals surface area contributed by atoms with Crippen molar-refractivity contribution in [3.63, 3.8) is 0 Å². The molecule has 33 heavy (non-hydrogen) atoms. The predicted octanol–water partition coefficient (Wildman–Crippen LogP) is 3.88. The zero-order valence-corrected chi connectivity index (χ0v) is 20.1. The zero-order chi connectivity index (χ0) is 24.3. The first-order valence-corrected chi connectivity index (χ1v) is 11.3. The van der Waals surface area contributed by atoms with Gasteiger partial charge in [-0.25, -0.2) is 4.39 Å². The van der Waals surface area contributed by atoms with E-state index in [2.05, 4.69) is 26.1 Å². The molecule has 1 fully saturated rings. The second kappa shape index (κ2) is 9.91. The van der Waals surface area contributed by atoms with Crippen LogP contribution in [0.3, 0.4) is 0 Å². The van der Waals surface area contributed by atoms with Gasteiger partial charge < -0.3 is 15.1 Å². The number of carbonyl (C=O) groups excluding carboxylic acids is 3. The lowest BCUT2D eigenvalue weighted by atomic mass is 9.86. The fourth-order valence-electron chi connectivity index (χ4n) is 3.70. The highest BCUT2D eigenvalue weighted by Crippen LogP contribution is 2.22. The quantitative estimate of drug-likeness (QED) is 0.732. The summed E-state index contributed by atoms with van der Waals surface area (Å²) in [4.78, 5) is 41.1.